The van der Waals surface area contributed by atoms with E-state index in [0.717, 1.165) is 31.6 Å². The van der Waals surface area contributed by atoms with Crippen molar-refractivity contribution in [1.29, 1.82) is 0 Å². The number of carbonyl (C=O) groups is 1. The number of carbonyl (C=O) groups excluding carboxylic acids is 1. The van der Waals surface area contributed by atoms with Gasteiger partial charge < -0.3 is 9.42 Å². The van der Waals surface area contributed by atoms with E-state index in [1.165, 1.54) is 0 Å². The first kappa shape index (κ1) is 14.0. The smallest absolute Gasteiger partial charge is 0.228 e. The Kier molecular flexibility index (Phi) is 4.22. The summed E-state index contributed by atoms with van der Waals surface area (Å²) in [5, 5.41) is 4.00. The molecule has 1 aromatic heterocycles. The molecule has 2 rings (SSSR count). The highest BCUT2D eigenvalue weighted by molar-refractivity contribution is 5.76. The van der Waals surface area contributed by atoms with Crippen LogP contribution in [-0.4, -0.2) is 34.0 Å². The topological polar surface area (TPSA) is 59.2 Å². The quantitative estimate of drug-likeness (QED) is 0.841. The largest absolute Gasteiger partial charge is 0.342 e. The van der Waals surface area contributed by atoms with Gasteiger partial charge in [-0.25, -0.2) is 0 Å². The van der Waals surface area contributed by atoms with Gasteiger partial charge in [-0.2, -0.15) is 4.98 Å². The summed E-state index contributed by atoms with van der Waals surface area (Å²) in [7, 11) is 0. The van der Waals surface area contributed by atoms with Crippen LogP contribution in [0, 0.1) is 0 Å². The van der Waals surface area contributed by atoms with Crippen molar-refractivity contribution in [3.63, 3.8) is 0 Å². The van der Waals surface area contributed by atoms with Gasteiger partial charge in [0.15, 0.2) is 5.82 Å². The second-order valence-corrected chi connectivity index (χ2v) is 6.20. The number of likely N-dealkylation sites (tertiary alicyclic amines) is 1. The maximum atomic E-state index is 11.9. The summed E-state index contributed by atoms with van der Waals surface area (Å²) < 4.78 is 5.25. The third kappa shape index (κ3) is 3.78. The van der Waals surface area contributed by atoms with Crippen molar-refractivity contribution < 1.29 is 9.32 Å². The molecule has 0 N–H and O–H groups in total. The molecule has 0 spiro atoms. The molecule has 1 aromatic rings. The van der Waals surface area contributed by atoms with Gasteiger partial charge in [-0.15, -0.1) is 0 Å². The lowest BCUT2D eigenvalue weighted by Gasteiger charge is -2.19. The van der Waals surface area contributed by atoms with Gasteiger partial charge in [-0.1, -0.05) is 32.3 Å². The molecule has 0 saturated carbocycles. The van der Waals surface area contributed by atoms with Gasteiger partial charge in [0.1, 0.15) is 0 Å². The third-order valence-corrected chi connectivity index (χ3v) is 3.41. The van der Waals surface area contributed by atoms with Gasteiger partial charge in [0, 0.05) is 31.3 Å². The monoisotopic (exact) mass is 265 g/mol. The first-order valence-electron chi connectivity index (χ1n) is 7.07. The van der Waals surface area contributed by atoms with E-state index in [1.807, 2.05) is 4.90 Å². The van der Waals surface area contributed by atoms with E-state index < -0.39 is 0 Å². The van der Waals surface area contributed by atoms with Crippen molar-refractivity contribution in [3.05, 3.63) is 11.7 Å². The van der Waals surface area contributed by atoms with Gasteiger partial charge in [-0.05, 0) is 12.8 Å². The maximum absolute atomic E-state index is 11.9. The Bertz CT molecular complexity index is 434. The average Bonchev–Trinajstić information content (AvgIpc) is 2.72. The molecule has 5 heteroatoms. The maximum Gasteiger partial charge on any atom is 0.228 e. The third-order valence-electron chi connectivity index (χ3n) is 3.41. The summed E-state index contributed by atoms with van der Waals surface area (Å²) >= 11 is 0. The second-order valence-electron chi connectivity index (χ2n) is 6.20. The normalized spacial score (nSPS) is 17.6. The number of nitrogens with zero attached hydrogens (tertiary/aromatic N) is 3. The molecule has 1 aliphatic rings. The molecule has 1 fully saturated rings. The molecular formula is C14H23N3O2. The molecule has 1 saturated heterocycles. The molecule has 0 unspecified atom stereocenters. The highest BCUT2D eigenvalue weighted by atomic mass is 16.5. The van der Waals surface area contributed by atoms with Crippen LogP contribution in [0.2, 0.25) is 0 Å². The summed E-state index contributed by atoms with van der Waals surface area (Å²) in [6.45, 7) is 7.71. The zero-order valence-electron chi connectivity index (χ0n) is 12.1. The fourth-order valence-electron chi connectivity index (χ4n) is 2.17. The molecule has 19 heavy (non-hydrogen) atoms. The number of hydrogen-bond acceptors (Lipinski definition) is 4. The van der Waals surface area contributed by atoms with Crippen LogP contribution >= 0.6 is 0 Å². The van der Waals surface area contributed by atoms with E-state index in [-0.39, 0.29) is 11.3 Å². The number of amides is 1. The molecule has 0 radical (unpaired) electrons. The lowest BCUT2D eigenvalue weighted by atomic mass is 9.96. The van der Waals surface area contributed by atoms with E-state index in [9.17, 15) is 4.79 Å². The Labute approximate surface area is 114 Å². The van der Waals surface area contributed by atoms with E-state index >= 15 is 0 Å². The lowest BCUT2D eigenvalue weighted by molar-refractivity contribution is -0.130. The first-order chi connectivity index (χ1) is 8.97. The van der Waals surface area contributed by atoms with Gasteiger partial charge in [0.05, 0.1) is 0 Å². The van der Waals surface area contributed by atoms with Crippen LogP contribution in [0.15, 0.2) is 4.52 Å². The zero-order chi connectivity index (χ0) is 13.9. The van der Waals surface area contributed by atoms with Crippen LogP contribution in [0.25, 0.3) is 0 Å². The standard InChI is InChI=1S/C14H23N3O2/c1-14(2,3)13-15-11(19-16-13)8-10-17-9-6-4-5-7-12(17)18/h4-10H2,1-3H3. The molecule has 2 heterocycles. The Morgan fingerprint density at radius 2 is 2.05 bits per heavy atom. The molecular weight excluding hydrogens is 242 g/mol. The van der Waals surface area contributed by atoms with Crippen LogP contribution < -0.4 is 0 Å². The fraction of sp³-hybridized carbons (Fsp3) is 0.786. The first-order valence-corrected chi connectivity index (χ1v) is 7.07. The van der Waals surface area contributed by atoms with Crippen molar-refractivity contribution in [1.82, 2.24) is 15.0 Å². The van der Waals surface area contributed by atoms with Crippen molar-refractivity contribution in [2.24, 2.45) is 0 Å². The predicted molar refractivity (Wildman–Crippen MR) is 71.8 cm³/mol. The van der Waals surface area contributed by atoms with Gasteiger partial charge in [-0.3, -0.25) is 4.79 Å². The second kappa shape index (κ2) is 5.72. The SMILES string of the molecule is CC(C)(C)c1noc(CCN2CCCCCC2=O)n1. The molecule has 0 atom stereocenters. The molecule has 1 amide bonds. The molecule has 1 aliphatic heterocycles. The molecule has 5 nitrogen and oxygen atoms in total. The highest BCUT2D eigenvalue weighted by Gasteiger charge is 2.22. The summed E-state index contributed by atoms with van der Waals surface area (Å²) in [6, 6.07) is 0. The minimum Gasteiger partial charge on any atom is -0.342 e. The van der Waals surface area contributed by atoms with Crippen molar-refractivity contribution in [3.8, 4) is 0 Å². The molecule has 0 aromatic carbocycles. The number of aromatic nitrogens is 2. The van der Waals surface area contributed by atoms with Gasteiger partial charge in [0.2, 0.25) is 11.8 Å². The van der Waals surface area contributed by atoms with E-state index in [1.54, 1.807) is 0 Å². The predicted octanol–water partition coefficient (Wildman–Crippen LogP) is 2.31. The van der Waals surface area contributed by atoms with E-state index in [4.69, 9.17) is 4.52 Å². The van der Waals surface area contributed by atoms with Crippen LogP contribution in [0.4, 0.5) is 0 Å². The Balaban J connectivity index is 1.91. The van der Waals surface area contributed by atoms with Crippen molar-refractivity contribution >= 4 is 5.91 Å². The average molecular weight is 265 g/mol. The molecule has 0 bridgehead atoms. The molecule has 106 valence electrons. The summed E-state index contributed by atoms with van der Waals surface area (Å²) in [5.74, 6) is 1.61. The molecule has 0 aliphatic carbocycles. The Morgan fingerprint density at radius 1 is 1.26 bits per heavy atom. The van der Waals surface area contributed by atoms with Gasteiger partial charge in [0.25, 0.3) is 0 Å². The van der Waals surface area contributed by atoms with Crippen LogP contribution in [0.1, 0.15) is 58.2 Å². The van der Waals surface area contributed by atoms with Crippen LogP contribution in [-0.2, 0) is 16.6 Å². The van der Waals surface area contributed by atoms with Crippen molar-refractivity contribution in [2.75, 3.05) is 13.1 Å². The number of hydrogen-bond donors (Lipinski definition) is 0. The Morgan fingerprint density at radius 3 is 2.74 bits per heavy atom. The minimum atomic E-state index is -0.0970. The highest BCUT2D eigenvalue weighted by Crippen LogP contribution is 2.19. The van der Waals surface area contributed by atoms with E-state index in [2.05, 4.69) is 30.9 Å². The lowest BCUT2D eigenvalue weighted by Crippen LogP contribution is -2.32. The fourth-order valence-corrected chi connectivity index (χ4v) is 2.17. The van der Waals surface area contributed by atoms with Gasteiger partial charge >= 0.3 is 0 Å². The Hall–Kier alpha value is -1.39. The van der Waals surface area contributed by atoms with Crippen LogP contribution in [0.5, 0.6) is 0 Å². The van der Waals surface area contributed by atoms with Crippen molar-refractivity contribution in [2.45, 2.75) is 58.3 Å². The summed E-state index contributed by atoms with van der Waals surface area (Å²) in [4.78, 5) is 18.2. The zero-order valence-corrected chi connectivity index (χ0v) is 12.1. The number of rotatable bonds is 3. The van der Waals surface area contributed by atoms with E-state index in [0.29, 0.717) is 25.3 Å². The van der Waals surface area contributed by atoms with Crippen LogP contribution in [0.3, 0.4) is 0 Å². The minimum absolute atomic E-state index is 0.0970. The summed E-state index contributed by atoms with van der Waals surface area (Å²) in [6.07, 6.45) is 4.59. The summed E-state index contributed by atoms with van der Waals surface area (Å²) in [5.41, 5.74) is -0.0970.